The summed E-state index contributed by atoms with van der Waals surface area (Å²) in [5, 5.41) is 0. The van der Waals surface area contributed by atoms with Crippen molar-refractivity contribution in [1.82, 2.24) is 4.90 Å². The molecule has 114 valence electrons. The van der Waals surface area contributed by atoms with Crippen LogP contribution in [0.4, 0.5) is 0 Å². The fourth-order valence-electron chi connectivity index (χ4n) is 2.98. The van der Waals surface area contributed by atoms with Crippen LogP contribution in [0.5, 0.6) is 0 Å². The van der Waals surface area contributed by atoms with Gasteiger partial charge in [-0.1, -0.05) is 51.6 Å². The van der Waals surface area contributed by atoms with E-state index < -0.39 is 0 Å². The van der Waals surface area contributed by atoms with Crippen LogP contribution in [0, 0.1) is 0 Å². The molecule has 2 heteroatoms. The van der Waals surface area contributed by atoms with Gasteiger partial charge in [0.2, 0.25) is 5.91 Å². The van der Waals surface area contributed by atoms with E-state index in [4.69, 9.17) is 0 Å². The number of hydrogen-bond acceptors (Lipinski definition) is 1. The third-order valence-corrected chi connectivity index (χ3v) is 4.49. The van der Waals surface area contributed by atoms with E-state index in [1.807, 2.05) is 11.8 Å². The molecular weight excluding hydrogens is 258 g/mol. The quantitative estimate of drug-likeness (QED) is 0.747. The normalized spacial score (nSPS) is 18.9. The van der Waals surface area contributed by atoms with E-state index in [2.05, 4.69) is 44.7 Å². The van der Waals surface area contributed by atoms with Crippen molar-refractivity contribution in [1.29, 1.82) is 0 Å². The molecule has 1 atom stereocenters. The van der Waals surface area contributed by atoms with Crippen LogP contribution in [0.2, 0.25) is 0 Å². The lowest BCUT2D eigenvalue weighted by Gasteiger charge is -2.33. The van der Waals surface area contributed by atoms with E-state index >= 15 is 0 Å². The molecule has 1 aliphatic rings. The highest BCUT2D eigenvalue weighted by Gasteiger charge is 2.25. The highest BCUT2D eigenvalue weighted by atomic mass is 16.2. The molecule has 0 spiro atoms. The van der Waals surface area contributed by atoms with Crippen LogP contribution in [0.25, 0.3) is 0 Å². The molecule has 21 heavy (non-hydrogen) atoms. The Hall–Kier alpha value is -1.57. The molecular formula is C19H27NO. The number of rotatable bonds is 4. The number of nitrogens with zero attached hydrogens (tertiary/aromatic N) is 1. The van der Waals surface area contributed by atoms with Crippen molar-refractivity contribution in [2.24, 2.45) is 0 Å². The highest BCUT2D eigenvalue weighted by molar-refractivity contribution is 5.92. The third kappa shape index (κ3) is 3.75. The van der Waals surface area contributed by atoms with E-state index in [1.54, 1.807) is 0 Å². The Labute approximate surface area is 128 Å². The van der Waals surface area contributed by atoms with Gasteiger partial charge in [0, 0.05) is 24.6 Å². The molecule has 1 heterocycles. The maximum atomic E-state index is 12.3. The Morgan fingerprint density at radius 1 is 1.43 bits per heavy atom. The van der Waals surface area contributed by atoms with Crippen molar-refractivity contribution >= 4 is 5.91 Å². The Balaban J connectivity index is 2.12. The maximum absolute atomic E-state index is 12.3. The van der Waals surface area contributed by atoms with Crippen LogP contribution in [-0.2, 0) is 4.79 Å². The summed E-state index contributed by atoms with van der Waals surface area (Å²) in [6.45, 7) is 12.0. The predicted octanol–water partition coefficient (Wildman–Crippen LogP) is 4.48. The number of carbonyl (C=O) groups is 1. The minimum atomic E-state index is 0.141. The Morgan fingerprint density at radius 3 is 2.86 bits per heavy atom. The van der Waals surface area contributed by atoms with E-state index in [-0.39, 0.29) is 5.91 Å². The third-order valence-electron chi connectivity index (χ3n) is 4.49. The van der Waals surface area contributed by atoms with Gasteiger partial charge in [0.15, 0.2) is 0 Å². The summed E-state index contributed by atoms with van der Waals surface area (Å²) in [7, 11) is 0. The molecule has 0 aromatic heterocycles. The van der Waals surface area contributed by atoms with Crippen LogP contribution < -0.4 is 0 Å². The zero-order valence-corrected chi connectivity index (χ0v) is 13.6. The molecule has 1 amide bonds. The second-order valence-electron chi connectivity index (χ2n) is 6.37. The molecule has 1 fully saturated rings. The maximum Gasteiger partial charge on any atom is 0.249 e. The number of likely N-dealkylation sites (tertiary alicyclic amines) is 1. The van der Waals surface area contributed by atoms with Gasteiger partial charge >= 0.3 is 0 Å². The fourth-order valence-corrected chi connectivity index (χ4v) is 2.98. The SMILES string of the molecule is C=C(CC)C(=O)N1CCCC(c2cccc(C(C)C)c2)C1. The lowest BCUT2D eigenvalue weighted by molar-refractivity contribution is -0.128. The fraction of sp³-hybridized carbons (Fsp3) is 0.526. The largest absolute Gasteiger partial charge is 0.338 e. The summed E-state index contributed by atoms with van der Waals surface area (Å²) in [6, 6.07) is 8.87. The number of benzene rings is 1. The number of piperidine rings is 1. The van der Waals surface area contributed by atoms with Crippen molar-refractivity contribution in [3.05, 3.63) is 47.5 Å². The smallest absolute Gasteiger partial charge is 0.249 e. The predicted molar refractivity (Wildman–Crippen MR) is 88.5 cm³/mol. The molecule has 0 bridgehead atoms. The van der Waals surface area contributed by atoms with Crippen molar-refractivity contribution in [3.8, 4) is 0 Å². The van der Waals surface area contributed by atoms with Crippen LogP contribution in [0.1, 0.15) is 63.0 Å². The molecule has 0 saturated carbocycles. The van der Waals surface area contributed by atoms with Gasteiger partial charge in [0.25, 0.3) is 0 Å². The second kappa shape index (κ2) is 6.93. The van der Waals surface area contributed by atoms with Crippen molar-refractivity contribution in [2.75, 3.05) is 13.1 Å². The summed E-state index contributed by atoms with van der Waals surface area (Å²) in [6.07, 6.45) is 2.99. The average molecular weight is 285 g/mol. The van der Waals surface area contributed by atoms with Gasteiger partial charge in [-0.15, -0.1) is 0 Å². The molecule has 1 saturated heterocycles. The van der Waals surface area contributed by atoms with Crippen molar-refractivity contribution in [3.63, 3.8) is 0 Å². The summed E-state index contributed by atoms with van der Waals surface area (Å²) in [5.74, 6) is 1.15. The van der Waals surface area contributed by atoms with Crippen LogP contribution in [0.3, 0.4) is 0 Å². The van der Waals surface area contributed by atoms with Crippen LogP contribution >= 0.6 is 0 Å². The lowest BCUT2D eigenvalue weighted by Crippen LogP contribution is -2.39. The first-order chi connectivity index (χ1) is 10.0. The molecule has 2 rings (SSSR count). The molecule has 0 radical (unpaired) electrons. The zero-order valence-electron chi connectivity index (χ0n) is 13.6. The minimum Gasteiger partial charge on any atom is -0.338 e. The number of hydrogen-bond donors (Lipinski definition) is 0. The standard InChI is InChI=1S/C19H27NO/c1-5-15(4)19(21)20-11-7-10-18(13-20)17-9-6-8-16(12-17)14(2)3/h6,8-9,12,14,18H,4-5,7,10-11,13H2,1-3H3. The summed E-state index contributed by atoms with van der Waals surface area (Å²) in [4.78, 5) is 14.3. The molecule has 0 aliphatic carbocycles. The van der Waals surface area contributed by atoms with Gasteiger partial charge in [0.05, 0.1) is 0 Å². The minimum absolute atomic E-state index is 0.141. The molecule has 2 nitrogen and oxygen atoms in total. The van der Waals surface area contributed by atoms with Gasteiger partial charge in [-0.3, -0.25) is 4.79 Å². The number of amides is 1. The topological polar surface area (TPSA) is 20.3 Å². The Morgan fingerprint density at radius 2 is 2.19 bits per heavy atom. The monoisotopic (exact) mass is 285 g/mol. The van der Waals surface area contributed by atoms with Crippen LogP contribution in [-0.4, -0.2) is 23.9 Å². The van der Waals surface area contributed by atoms with Gasteiger partial charge in [-0.25, -0.2) is 0 Å². The lowest BCUT2D eigenvalue weighted by atomic mass is 9.88. The van der Waals surface area contributed by atoms with Gasteiger partial charge < -0.3 is 4.90 Å². The first-order valence-corrected chi connectivity index (χ1v) is 8.09. The van der Waals surface area contributed by atoms with Crippen molar-refractivity contribution < 1.29 is 4.79 Å². The van der Waals surface area contributed by atoms with Gasteiger partial charge in [-0.2, -0.15) is 0 Å². The van der Waals surface area contributed by atoms with Gasteiger partial charge in [-0.05, 0) is 36.3 Å². The van der Waals surface area contributed by atoms with E-state index in [0.29, 0.717) is 11.8 Å². The average Bonchev–Trinajstić information content (AvgIpc) is 2.53. The molecule has 1 aromatic rings. The molecule has 0 N–H and O–H groups in total. The molecule has 1 aliphatic heterocycles. The van der Waals surface area contributed by atoms with E-state index in [1.165, 1.54) is 17.5 Å². The molecule has 1 unspecified atom stereocenters. The first kappa shape index (κ1) is 15.8. The first-order valence-electron chi connectivity index (χ1n) is 8.09. The Bertz CT molecular complexity index is 518. The number of carbonyl (C=O) groups excluding carboxylic acids is 1. The highest BCUT2D eigenvalue weighted by Crippen LogP contribution is 2.29. The van der Waals surface area contributed by atoms with Gasteiger partial charge in [0.1, 0.15) is 0 Å². The molecule has 1 aromatic carbocycles. The van der Waals surface area contributed by atoms with E-state index in [9.17, 15) is 4.79 Å². The van der Waals surface area contributed by atoms with Crippen LogP contribution in [0.15, 0.2) is 36.4 Å². The zero-order chi connectivity index (χ0) is 15.4. The Kier molecular flexibility index (Phi) is 5.22. The summed E-state index contributed by atoms with van der Waals surface area (Å²) >= 11 is 0. The summed E-state index contributed by atoms with van der Waals surface area (Å²) < 4.78 is 0. The van der Waals surface area contributed by atoms with E-state index in [0.717, 1.165) is 31.5 Å². The van der Waals surface area contributed by atoms with Crippen molar-refractivity contribution in [2.45, 2.75) is 51.9 Å². The summed E-state index contributed by atoms with van der Waals surface area (Å²) in [5.41, 5.74) is 3.49. The second-order valence-corrected chi connectivity index (χ2v) is 6.37.